The fraction of sp³-hybridized carbons (Fsp3) is 0.429. The van der Waals surface area contributed by atoms with Crippen LogP contribution in [0, 0.1) is 23.4 Å². The number of halogens is 3. The molecule has 0 nitrogen and oxygen atoms in total. The lowest BCUT2D eigenvalue weighted by atomic mass is 9.80. The number of hydrogen-bond donors (Lipinski definition) is 0. The normalized spacial score (nSPS) is 16.9. The van der Waals surface area contributed by atoms with E-state index in [9.17, 15) is 13.2 Å². The minimum atomic E-state index is -1.41. The number of benzene rings is 2. The van der Waals surface area contributed by atoms with E-state index in [4.69, 9.17) is 0 Å². The zero-order chi connectivity index (χ0) is 17.1. The highest BCUT2D eigenvalue weighted by Gasteiger charge is 2.19. The van der Waals surface area contributed by atoms with Gasteiger partial charge in [0.2, 0.25) is 0 Å². The number of rotatable bonds is 5. The molecule has 1 aliphatic carbocycles. The van der Waals surface area contributed by atoms with Crippen LogP contribution in [0.3, 0.4) is 0 Å². The van der Waals surface area contributed by atoms with E-state index in [1.807, 2.05) is 12.1 Å². The Morgan fingerprint density at radius 2 is 1.67 bits per heavy atom. The standard InChI is InChI=1S/C21H23F3/c1-2-3-4-5-14-6-7-16-11-17(9-8-15(16)10-14)18-12-19(22)21(24)20(23)13-18/h8-9,11-14H,2-7,10H2,1H3. The van der Waals surface area contributed by atoms with Gasteiger partial charge in [0.1, 0.15) is 0 Å². The van der Waals surface area contributed by atoms with E-state index in [-0.39, 0.29) is 0 Å². The van der Waals surface area contributed by atoms with Gasteiger partial charge in [-0.25, -0.2) is 13.2 Å². The molecule has 0 saturated carbocycles. The molecule has 0 saturated heterocycles. The third-order valence-corrected chi connectivity index (χ3v) is 5.07. The summed E-state index contributed by atoms with van der Waals surface area (Å²) in [6, 6.07) is 8.09. The molecule has 0 N–H and O–H groups in total. The monoisotopic (exact) mass is 332 g/mol. The molecular formula is C21H23F3. The Bertz CT molecular complexity index is 698. The SMILES string of the molecule is CCCCCC1CCc2cc(-c3cc(F)c(F)c(F)c3)ccc2C1. The van der Waals surface area contributed by atoms with E-state index in [1.54, 1.807) is 0 Å². The first-order chi connectivity index (χ1) is 11.6. The Balaban J connectivity index is 1.78. The Morgan fingerprint density at radius 1 is 0.917 bits per heavy atom. The maximum atomic E-state index is 13.4. The molecule has 0 aromatic heterocycles. The maximum absolute atomic E-state index is 13.4. The summed E-state index contributed by atoms with van der Waals surface area (Å²) >= 11 is 0. The van der Waals surface area contributed by atoms with Crippen LogP contribution in [0.2, 0.25) is 0 Å². The molecule has 1 atom stereocenters. The van der Waals surface area contributed by atoms with Gasteiger partial charge in [0, 0.05) is 0 Å². The largest absolute Gasteiger partial charge is 0.204 e. The van der Waals surface area contributed by atoms with Gasteiger partial charge in [-0.2, -0.15) is 0 Å². The molecule has 0 aliphatic heterocycles. The number of aryl methyl sites for hydroxylation is 1. The topological polar surface area (TPSA) is 0 Å². The first kappa shape index (κ1) is 17.1. The van der Waals surface area contributed by atoms with Gasteiger partial charge >= 0.3 is 0 Å². The highest BCUT2D eigenvalue weighted by Crippen LogP contribution is 2.32. The van der Waals surface area contributed by atoms with Gasteiger partial charge in [0.25, 0.3) is 0 Å². The van der Waals surface area contributed by atoms with Crippen LogP contribution in [0.1, 0.15) is 50.2 Å². The lowest BCUT2D eigenvalue weighted by molar-refractivity contribution is 0.408. The van der Waals surface area contributed by atoms with E-state index in [1.165, 1.54) is 43.2 Å². The van der Waals surface area contributed by atoms with Gasteiger partial charge < -0.3 is 0 Å². The van der Waals surface area contributed by atoms with Crippen molar-refractivity contribution in [2.45, 2.75) is 51.9 Å². The predicted molar refractivity (Wildman–Crippen MR) is 91.4 cm³/mol. The summed E-state index contributed by atoms with van der Waals surface area (Å²) in [5.41, 5.74) is 3.73. The summed E-state index contributed by atoms with van der Waals surface area (Å²) in [4.78, 5) is 0. The van der Waals surface area contributed by atoms with Gasteiger partial charge in [0.15, 0.2) is 17.5 Å². The number of unbranched alkanes of at least 4 members (excludes halogenated alkanes) is 2. The summed E-state index contributed by atoms with van der Waals surface area (Å²) in [6.07, 6.45) is 8.39. The quantitative estimate of drug-likeness (QED) is 0.435. The van der Waals surface area contributed by atoms with Crippen molar-refractivity contribution in [3.8, 4) is 11.1 Å². The second kappa shape index (κ2) is 7.42. The molecule has 0 fully saturated rings. The Morgan fingerprint density at radius 3 is 2.38 bits per heavy atom. The molecule has 1 aliphatic rings. The predicted octanol–water partition coefficient (Wildman–Crippen LogP) is 6.46. The molecule has 2 aromatic rings. The molecular weight excluding hydrogens is 309 g/mol. The maximum Gasteiger partial charge on any atom is 0.194 e. The molecule has 2 aromatic carbocycles. The Hall–Kier alpha value is -1.77. The second-order valence-electron chi connectivity index (χ2n) is 6.84. The van der Waals surface area contributed by atoms with Crippen LogP contribution in [-0.4, -0.2) is 0 Å². The van der Waals surface area contributed by atoms with E-state index >= 15 is 0 Å². The average molecular weight is 332 g/mol. The van der Waals surface area contributed by atoms with Crippen molar-refractivity contribution < 1.29 is 13.2 Å². The minimum absolute atomic E-state index is 0.388. The van der Waals surface area contributed by atoms with Crippen molar-refractivity contribution in [3.63, 3.8) is 0 Å². The molecule has 0 heterocycles. The summed E-state index contributed by atoms with van der Waals surface area (Å²) < 4.78 is 40.0. The van der Waals surface area contributed by atoms with Gasteiger partial charge in [-0.1, -0.05) is 50.8 Å². The summed E-state index contributed by atoms with van der Waals surface area (Å²) in [5.74, 6) is -2.94. The third kappa shape index (κ3) is 3.66. The van der Waals surface area contributed by atoms with Crippen molar-refractivity contribution >= 4 is 0 Å². The van der Waals surface area contributed by atoms with Gasteiger partial charge in [-0.15, -0.1) is 0 Å². The van der Waals surface area contributed by atoms with Crippen LogP contribution in [0.25, 0.3) is 11.1 Å². The van der Waals surface area contributed by atoms with E-state index in [2.05, 4.69) is 13.0 Å². The first-order valence-corrected chi connectivity index (χ1v) is 8.85. The van der Waals surface area contributed by atoms with Crippen molar-refractivity contribution in [2.75, 3.05) is 0 Å². The van der Waals surface area contributed by atoms with Crippen LogP contribution in [0.5, 0.6) is 0 Å². The van der Waals surface area contributed by atoms with Crippen LogP contribution >= 0.6 is 0 Å². The smallest absolute Gasteiger partial charge is 0.194 e. The zero-order valence-corrected chi connectivity index (χ0v) is 14.0. The highest BCUT2D eigenvalue weighted by molar-refractivity contribution is 5.65. The van der Waals surface area contributed by atoms with Gasteiger partial charge in [-0.05, 0) is 59.6 Å². The van der Waals surface area contributed by atoms with Crippen LogP contribution < -0.4 is 0 Å². The van der Waals surface area contributed by atoms with E-state index < -0.39 is 17.5 Å². The second-order valence-corrected chi connectivity index (χ2v) is 6.84. The number of fused-ring (bicyclic) bond motifs is 1. The third-order valence-electron chi connectivity index (χ3n) is 5.07. The van der Waals surface area contributed by atoms with E-state index in [0.717, 1.165) is 36.5 Å². The van der Waals surface area contributed by atoms with Crippen molar-refractivity contribution in [3.05, 3.63) is 58.9 Å². The van der Waals surface area contributed by atoms with Gasteiger partial charge in [-0.3, -0.25) is 0 Å². The lowest BCUT2D eigenvalue weighted by Crippen LogP contribution is -2.14. The molecule has 24 heavy (non-hydrogen) atoms. The molecule has 0 radical (unpaired) electrons. The molecule has 1 unspecified atom stereocenters. The summed E-state index contributed by atoms with van der Waals surface area (Å²) in [6.45, 7) is 2.22. The Kier molecular flexibility index (Phi) is 5.27. The number of hydrogen-bond acceptors (Lipinski definition) is 0. The lowest BCUT2D eigenvalue weighted by Gasteiger charge is -2.25. The minimum Gasteiger partial charge on any atom is -0.204 e. The van der Waals surface area contributed by atoms with Crippen LogP contribution in [-0.2, 0) is 12.8 Å². The van der Waals surface area contributed by atoms with Gasteiger partial charge in [0.05, 0.1) is 0 Å². The molecule has 0 amide bonds. The Labute approximate surface area is 141 Å². The van der Waals surface area contributed by atoms with E-state index in [0.29, 0.717) is 5.56 Å². The zero-order valence-electron chi connectivity index (χ0n) is 14.0. The summed E-state index contributed by atoms with van der Waals surface area (Å²) in [7, 11) is 0. The highest BCUT2D eigenvalue weighted by atomic mass is 19.2. The average Bonchev–Trinajstić information content (AvgIpc) is 2.59. The molecule has 3 rings (SSSR count). The fourth-order valence-corrected chi connectivity index (χ4v) is 3.66. The fourth-order valence-electron chi connectivity index (χ4n) is 3.66. The molecule has 128 valence electrons. The van der Waals surface area contributed by atoms with Crippen molar-refractivity contribution in [1.29, 1.82) is 0 Å². The molecule has 0 spiro atoms. The van der Waals surface area contributed by atoms with Crippen LogP contribution in [0.4, 0.5) is 13.2 Å². The van der Waals surface area contributed by atoms with Crippen molar-refractivity contribution in [1.82, 2.24) is 0 Å². The van der Waals surface area contributed by atoms with Crippen molar-refractivity contribution in [2.24, 2.45) is 5.92 Å². The first-order valence-electron chi connectivity index (χ1n) is 8.85. The molecule has 3 heteroatoms. The molecule has 0 bridgehead atoms. The summed E-state index contributed by atoms with van der Waals surface area (Å²) in [5, 5.41) is 0. The van der Waals surface area contributed by atoms with Crippen LogP contribution in [0.15, 0.2) is 30.3 Å².